The summed E-state index contributed by atoms with van der Waals surface area (Å²) in [6, 6.07) is 11.4. The van der Waals surface area contributed by atoms with Gasteiger partial charge in [0, 0.05) is 30.7 Å². The third-order valence-electron chi connectivity index (χ3n) is 4.38. The highest BCUT2D eigenvalue weighted by Crippen LogP contribution is 2.22. The van der Waals surface area contributed by atoms with Crippen molar-refractivity contribution in [1.29, 1.82) is 0 Å². The monoisotopic (exact) mass is 339 g/mol. The van der Waals surface area contributed by atoms with Gasteiger partial charge in [0.15, 0.2) is 0 Å². The number of ether oxygens (including phenoxy) is 1. The molecule has 5 heteroatoms. The van der Waals surface area contributed by atoms with Crippen molar-refractivity contribution in [2.45, 2.75) is 26.7 Å². The van der Waals surface area contributed by atoms with Crippen LogP contribution in [0.2, 0.25) is 0 Å². The quantitative estimate of drug-likeness (QED) is 0.891. The molecule has 0 aliphatic carbocycles. The summed E-state index contributed by atoms with van der Waals surface area (Å²) in [5.74, 6) is 1.42. The van der Waals surface area contributed by atoms with E-state index in [0.717, 1.165) is 36.6 Å². The van der Waals surface area contributed by atoms with Gasteiger partial charge in [-0.05, 0) is 62.1 Å². The molecule has 1 unspecified atom stereocenters. The topological polar surface area (TPSA) is 54.5 Å². The van der Waals surface area contributed by atoms with Crippen LogP contribution in [-0.4, -0.2) is 35.5 Å². The summed E-state index contributed by atoms with van der Waals surface area (Å²) < 4.78 is 5.45. The van der Waals surface area contributed by atoms with Crippen molar-refractivity contribution in [2.24, 2.45) is 5.92 Å². The molecule has 0 bridgehead atoms. The Hall–Kier alpha value is -2.56. The number of hydrogen-bond acceptors (Lipinski definition) is 4. The van der Waals surface area contributed by atoms with E-state index in [1.54, 1.807) is 6.20 Å². The average Bonchev–Trinajstić information content (AvgIpc) is 2.63. The Bertz CT molecular complexity index is 715. The molecule has 3 rings (SSSR count). The third kappa shape index (κ3) is 4.50. The second-order valence-corrected chi connectivity index (χ2v) is 6.51. The molecule has 25 heavy (non-hydrogen) atoms. The van der Waals surface area contributed by atoms with Crippen LogP contribution < -0.4 is 10.1 Å². The summed E-state index contributed by atoms with van der Waals surface area (Å²) in [4.78, 5) is 18.9. The number of rotatable bonds is 5. The van der Waals surface area contributed by atoms with Gasteiger partial charge in [0.1, 0.15) is 11.4 Å². The zero-order valence-electron chi connectivity index (χ0n) is 14.9. The van der Waals surface area contributed by atoms with Crippen LogP contribution in [0.4, 0.5) is 11.4 Å². The molecule has 1 fully saturated rings. The fraction of sp³-hybridized carbons (Fsp3) is 0.400. The highest BCUT2D eigenvalue weighted by molar-refractivity contribution is 5.93. The first-order valence-electron chi connectivity index (χ1n) is 8.91. The standard InChI is InChI=1S/C20H25N3O2/c1-3-25-18-8-6-16(7-9-18)22-17-10-11-21-19(13-17)20(24)23-12-4-5-15(2)14-23/h6-11,13,15H,3-5,12,14H2,1-2H3,(H,21,22). The van der Waals surface area contributed by atoms with Gasteiger partial charge in [0.25, 0.3) is 5.91 Å². The first-order valence-corrected chi connectivity index (χ1v) is 8.91. The molecule has 2 aromatic rings. The molecule has 1 saturated heterocycles. The number of nitrogens with zero attached hydrogens (tertiary/aromatic N) is 2. The summed E-state index contributed by atoms with van der Waals surface area (Å²) in [5.41, 5.74) is 2.29. The fourth-order valence-corrected chi connectivity index (χ4v) is 3.13. The predicted molar refractivity (Wildman–Crippen MR) is 99.4 cm³/mol. The minimum Gasteiger partial charge on any atom is -0.494 e. The molecule has 132 valence electrons. The van der Waals surface area contributed by atoms with Gasteiger partial charge >= 0.3 is 0 Å². The maximum absolute atomic E-state index is 12.7. The van der Waals surface area contributed by atoms with E-state index in [0.29, 0.717) is 18.2 Å². The molecule has 2 heterocycles. The maximum atomic E-state index is 12.7. The lowest BCUT2D eigenvalue weighted by atomic mass is 10.00. The van der Waals surface area contributed by atoms with Crippen molar-refractivity contribution < 1.29 is 9.53 Å². The first kappa shape index (κ1) is 17.3. The van der Waals surface area contributed by atoms with E-state index >= 15 is 0 Å². The van der Waals surface area contributed by atoms with Crippen LogP contribution >= 0.6 is 0 Å². The molecule has 5 nitrogen and oxygen atoms in total. The molecule has 1 aliphatic rings. The van der Waals surface area contributed by atoms with Crippen LogP contribution in [0.3, 0.4) is 0 Å². The van der Waals surface area contributed by atoms with Gasteiger partial charge < -0.3 is 15.0 Å². The van der Waals surface area contributed by atoms with Crippen molar-refractivity contribution in [2.75, 3.05) is 25.0 Å². The normalized spacial score (nSPS) is 17.2. The van der Waals surface area contributed by atoms with E-state index in [1.807, 2.05) is 48.2 Å². The molecule has 0 radical (unpaired) electrons. The van der Waals surface area contributed by atoms with E-state index < -0.39 is 0 Å². The summed E-state index contributed by atoms with van der Waals surface area (Å²) in [5, 5.41) is 3.31. The van der Waals surface area contributed by atoms with Gasteiger partial charge in [0.05, 0.1) is 6.61 Å². The van der Waals surface area contributed by atoms with Crippen molar-refractivity contribution in [3.05, 3.63) is 48.3 Å². The van der Waals surface area contributed by atoms with Crippen molar-refractivity contribution in [1.82, 2.24) is 9.88 Å². The Morgan fingerprint density at radius 2 is 2.08 bits per heavy atom. The number of nitrogens with one attached hydrogen (secondary N) is 1. The van der Waals surface area contributed by atoms with Gasteiger partial charge in [-0.2, -0.15) is 0 Å². The zero-order valence-corrected chi connectivity index (χ0v) is 14.9. The van der Waals surface area contributed by atoms with Crippen LogP contribution in [0.1, 0.15) is 37.2 Å². The number of carbonyl (C=O) groups excluding carboxylic acids is 1. The molecular formula is C20H25N3O2. The molecular weight excluding hydrogens is 314 g/mol. The lowest BCUT2D eigenvalue weighted by Crippen LogP contribution is -2.39. The Kier molecular flexibility index (Phi) is 5.53. The number of benzene rings is 1. The summed E-state index contributed by atoms with van der Waals surface area (Å²) >= 11 is 0. The largest absolute Gasteiger partial charge is 0.494 e. The number of aromatic nitrogens is 1. The van der Waals surface area contributed by atoms with Crippen molar-refractivity contribution in [3.8, 4) is 5.75 Å². The van der Waals surface area contributed by atoms with Crippen molar-refractivity contribution >= 4 is 17.3 Å². The van der Waals surface area contributed by atoms with Gasteiger partial charge in [-0.15, -0.1) is 0 Å². The number of amides is 1. The summed E-state index contributed by atoms with van der Waals surface area (Å²) in [6.07, 6.45) is 3.94. The molecule has 1 aromatic heterocycles. The predicted octanol–water partition coefficient (Wildman–Crippen LogP) is 4.10. The lowest BCUT2D eigenvalue weighted by molar-refractivity contribution is 0.0677. The Balaban J connectivity index is 1.69. The Labute approximate surface area is 149 Å². The van der Waals surface area contributed by atoms with Gasteiger partial charge in [0.2, 0.25) is 0 Å². The Morgan fingerprint density at radius 3 is 2.80 bits per heavy atom. The lowest BCUT2D eigenvalue weighted by Gasteiger charge is -2.30. The number of pyridine rings is 1. The van der Waals surface area contributed by atoms with Gasteiger partial charge in [-0.3, -0.25) is 9.78 Å². The molecule has 1 aliphatic heterocycles. The van der Waals surface area contributed by atoms with E-state index in [2.05, 4.69) is 17.2 Å². The number of piperidine rings is 1. The average molecular weight is 339 g/mol. The van der Waals surface area contributed by atoms with Crippen LogP contribution in [0.5, 0.6) is 5.75 Å². The fourth-order valence-electron chi connectivity index (χ4n) is 3.13. The van der Waals surface area contributed by atoms with E-state index in [1.165, 1.54) is 6.42 Å². The van der Waals surface area contributed by atoms with Crippen LogP contribution in [0, 0.1) is 5.92 Å². The number of hydrogen-bond donors (Lipinski definition) is 1. The molecule has 1 aromatic carbocycles. The number of anilines is 2. The first-order chi connectivity index (χ1) is 12.2. The highest BCUT2D eigenvalue weighted by Gasteiger charge is 2.22. The SMILES string of the molecule is CCOc1ccc(Nc2ccnc(C(=O)N3CCCC(C)C3)c2)cc1. The summed E-state index contributed by atoms with van der Waals surface area (Å²) in [6.45, 7) is 6.44. The van der Waals surface area contributed by atoms with Crippen LogP contribution in [-0.2, 0) is 0 Å². The molecule has 1 amide bonds. The molecule has 1 N–H and O–H groups in total. The second-order valence-electron chi connectivity index (χ2n) is 6.51. The highest BCUT2D eigenvalue weighted by atomic mass is 16.5. The van der Waals surface area contributed by atoms with Crippen molar-refractivity contribution in [3.63, 3.8) is 0 Å². The minimum atomic E-state index is 0.0156. The van der Waals surface area contributed by atoms with Crippen LogP contribution in [0.15, 0.2) is 42.6 Å². The molecule has 0 spiro atoms. The number of carbonyl (C=O) groups is 1. The van der Waals surface area contributed by atoms with Gasteiger partial charge in [-0.1, -0.05) is 6.92 Å². The second kappa shape index (κ2) is 8.01. The zero-order chi connectivity index (χ0) is 17.6. The minimum absolute atomic E-state index is 0.0156. The maximum Gasteiger partial charge on any atom is 0.272 e. The Morgan fingerprint density at radius 1 is 1.28 bits per heavy atom. The van der Waals surface area contributed by atoms with E-state index in [9.17, 15) is 4.79 Å². The molecule has 1 atom stereocenters. The third-order valence-corrected chi connectivity index (χ3v) is 4.38. The van der Waals surface area contributed by atoms with E-state index in [-0.39, 0.29) is 5.91 Å². The van der Waals surface area contributed by atoms with Gasteiger partial charge in [-0.25, -0.2) is 0 Å². The smallest absolute Gasteiger partial charge is 0.272 e. The summed E-state index contributed by atoms with van der Waals surface area (Å²) in [7, 11) is 0. The molecule has 0 saturated carbocycles. The van der Waals surface area contributed by atoms with Crippen LogP contribution in [0.25, 0.3) is 0 Å². The van der Waals surface area contributed by atoms with E-state index in [4.69, 9.17) is 4.74 Å². The number of likely N-dealkylation sites (tertiary alicyclic amines) is 1.